The van der Waals surface area contributed by atoms with Gasteiger partial charge in [-0.2, -0.15) is 9.36 Å². The monoisotopic (exact) mass is 252 g/mol. The van der Waals surface area contributed by atoms with Crippen molar-refractivity contribution in [2.24, 2.45) is 7.05 Å². The van der Waals surface area contributed by atoms with E-state index in [0.717, 1.165) is 15.4 Å². The molecule has 0 radical (unpaired) electrons. The summed E-state index contributed by atoms with van der Waals surface area (Å²) in [7, 11) is 1.44. The van der Waals surface area contributed by atoms with Crippen molar-refractivity contribution in [3.63, 3.8) is 0 Å². The smallest absolute Gasteiger partial charge is 0.368 e. The second-order valence-corrected chi connectivity index (χ2v) is 4.31. The van der Waals surface area contributed by atoms with Crippen LogP contribution in [0.1, 0.15) is 25.3 Å². The summed E-state index contributed by atoms with van der Waals surface area (Å²) in [6.45, 7) is 3.64. The number of phenols is 1. The Balaban J connectivity index is 2.68. The Kier molecular flexibility index (Phi) is 2.90. The van der Waals surface area contributed by atoms with Gasteiger partial charge in [0.1, 0.15) is 17.3 Å². The van der Waals surface area contributed by atoms with Crippen molar-refractivity contribution in [2.45, 2.75) is 19.8 Å². The van der Waals surface area contributed by atoms with Gasteiger partial charge in [0.2, 0.25) is 0 Å². The summed E-state index contributed by atoms with van der Waals surface area (Å²) in [5.74, 6) is -0.931. The molecule has 6 nitrogen and oxygen atoms in total. The molecule has 0 amide bonds. The normalized spacial score (nSPS) is 11.2. The van der Waals surface area contributed by atoms with Crippen LogP contribution in [0.15, 0.2) is 16.9 Å². The Morgan fingerprint density at radius 1 is 1.33 bits per heavy atom. The fraction of sp³-hybridized carbons (Fsp3) is 0.364. The standard InChI is InChI=1S/C11H13FN4O2/c1-6(2)7-4-9(10(17)5-8(7)12)16-11(18)15(3)13-14-16/h4-6,17H,1-3H3. The Labute approximate surface area is 102 Å². The van der Waals surface area contributed by atoms with Crippen LogP contribution in [0.25, 0.3) is 5.69 Å². The largest absolute Gasteiger partial charge is 0.506 e. The Morgan fingerprint density at radius 3 is 2.50 bits per heavy atom. The third-order valence-electron chi connectivity index (χ3n) is 2.67. The first-order valence-electron chi connectivity index (χ1n) is 5.43. The molecule has 1 N–H and O–H groups in total. The van der Waals surface area contributed by atoms with Gasteiger partial charge in [-0.3, -0.25) is 0 Å². The van der Waals surface area contributed by atoms with Gasteiger partial charge in [0, 0.05) is 13.1 Å². The lowest BCUT2D eigenvalue weighted by Crippen LogP contribution is -2.22. The molecular formula is C11H13FN4O2. The molecule has 2 aromatic rings. The average Bonchev–Trinajstić information content (AvgIpc) is 2.60. The molecule has 18 heavy (non-hydrogen) atoms. The lowest BCUT2D eigenvalue weighted by molar-refractivity contribution is 0.461. The third kappa shape index (κ3) is 1.87. The predicted octanol–water partition coefficient (Wildman–Crippen LogP) is 0.934. The molecular weight excluding hydrogens is 239 g/mol. The number of tetrazole rings is 1. The molecule has 2 rings (SSSR count). The van der Waals surface area contributed by atoms with Crippen LogP contribution in [-0.4, -0.2) is 24.9 Å². The Morgan fingerprint density at radius 2 is 2.00 bits per heavy atom. The van der Waals surface area contributed by atoms with E-state index in [9.17, 15) is 14.3 Å². The van der Waals surface area contributed by atoms with Crippen molar-refractivity contribution in [3.05, 3.63) is 34.0 Å². The number of phenolic OH excluding ortho intramolecular Hbond substituents is 1. The van der Waals surface area contributed by atoms with Crippen molar-refractivity contribution in [2.75, 3.05) is 0 Å². The molecule has 1 aromatic heterocycles. The van der Waals surface area contributed by atoms with Crippen LogP contribution in [-0.2, 0) is 7.05 Å². The SMILES string of the molecule is CC(C)c1cc(-n2nnn(C)c2=O)c(O)cc1F. The zero-order chi connectivity index (χ0) is 13.4. The number of rotatable bonds is 2. The number of hydrogen-bond donors (Lipinski definition) is 1. The van der Waals surface area contributed by atoms with Gasteiger partial charge in [0.15, 0.2) is 0 Å². The van der Waals surface area contributed by atoms with Crippen molar-refractivity contribution < 1.29 is 9.50 Å². The minimum atomic E-state index is -0.511. The molecule has 1 heterocycles. The van der Waals surface area contributed by atoms with Crippen LogP contribution < -0.4 is 5.69 Å². The maximum atomic E-state index is 13.6. The second-order valence-electron chi connectivity index (χ2n) is 4.31. The molecule has 1 aromatic carbocycles. The quantitative estimate of drug-likeness (QED) is 0.863. The zero-order valence-electron chi connectivity index (χ0n) is 10.3. The van der Waals surface area contributed by atoms with Crippen LogP contribution in [0.5, 0.6) is 5.75 Å². The maximum absolute atomic E-state index is 13.6. The van der Waals surface area contributed by atoms with E-state index in [4.69, 9.17) is 0 Å². The van der Waals surface area contributed by atoms with E-state index in [1.54, 1.807) is 0 Å². The van der Waals surface area contributed by atoms with Crippen LogP contribution in [0.2, 0.25) is 0 Å². The summed E-state index contributed by atoms with van der Waals surface area (Å²) < 4.78 is 15.6. The Hall–Kier alpha value is -2.18. The highest BCUT2D eigenvalue weighted by molar-refractivity contribution is 5.48. The van der Waals surface area contributed by atoms with Gasteiger partial charge >= 0.3 is 5.69 Å². The molecule has 0 spiro atoms. The second kappa shape index (κ2) is 4.25. The van der Waals surface area contributed by atoms with Gasteiger partial charge in [-0.1, -0.05) is 13.8 Å². The van der Waals surface area contributed by atoms with Crippen LogP contribution in [0.4, 0.5) is 4.39 Å². The fourth-order valence-electron chi connectivity index (χ4n) is 1.64. The van der Waals surface area contributed by atoms with Gasteiger partial charge in [-0.25, -0.2) is 9.18 Å². The molecule has 0 atom stereocenters. The highest BCUT2D eigenvalue weighted by Gasteiger charge is 2.16. The summed E-state index contributed by atoms with van der Waals surface area (Å²) in [5.41, 5.74) is 0.0187. The predicted molar refractivity (Wildman–Crippen MR) is 62.3 cm³/mol. The van der Waals surface area contributed by atoms with Crippen molar-refractivity contribution in [1.29, 1.82) is 0 Å². The van der Waals surface area contributed by atoms with Crippen molar-refractivity contribution in [1.82, 2.24) is 19.8 Å². The van der Waals surface area contributed by atoms with Gasteiger partial charge in [-0.05, 0) is 28.0 Å². The van der Waals surface area contributed by atoms with Crippen molar-refractivity contribution in [3.8, 4) is 11.4 Å². The maximum Gasteiger partial charge on any atom is 0.368 e. The minimum Gasteiger partial charge on any atom is -0.506 e. The first-order chi connectivity index (χ1) is 8.41. The third-order valence-corrected chi connectivity index (χ3v) is 2.67. The number of aromatic hydroxyl groups is 1. The zero-order valence-corrected chi connectivity index (χ0v) is 10.3. The number of aromatic nitrogens is 4. The number of aryl methyl sites for hydroxylation is 1. The molecule has 0 aliphatic heterocycles. The average molecular weight is 252 g/mol. The highest BCUT2D eigenvalue weighted by atomic mass is 19.1. The van der Waals surface area contributed by atoms with E-state index in [2.05, 4.69) is 10.4 Å². The summed E-state index contributed by atoms with van der Waals surface area (Å²) in [6, 6.07) is 2.39. The molecule has 0 bridgehead atoms. The summed E-state index contributed by atoms with van der Waals surface area (Å²) in [5, 5.41) is 16.9. The molecule has 7 heteroatoms. The summed E-state index contributed by atoms with van der Waals surface area (Å²) in [6.07, 6.45) is 0. The van der Waals surface area contributed by atoms with E-state index in [1.807, 2.05) is 13.8 Å². The van der Waals surface area contributed by atoms with E-state index in [-0.39, 0.29) is 17.4 Å². The van der Waals surface area contributed by atoms with E-state index in [1.165, 1.54) is 13.1 Å². The molecule has 0 saturated carbocycles. The first-order valence-corrected chi connectivity index (χ1v) is 5.43. The molecule has 0 unspecified atom stereocenters. The lowest BCUT2D eigenvalue weighted by Gasteiger charge is -2.10. The molecule has 0 fully saturated rings. The van der Waals surface area contributed by atoms with Crippen LogP contribution in [0, 0.1) is 5.82 Å². The van der Waals surface area contributed by atoms with Crippen molar-refractivity contribution >= 4 is 0 Å². The molecule has 96 valence electrons. The van der Waals surface area contributed by atoms with E-state index < -0.39 is 11.5 Å². The van der Waals surface area contributed by atoms with Crippen LogP contribution >= 0.6 is 0 Å². The number of benzene rings is 1. The van der Waals surface area contributed by atoms with Gasteiger partial charge in [-0.15, -0.1) is 0 Å². The van der Waals surface area contributed by atoms with E-state index >= 15 is 0 Å². The Bertz CT molecular complexity index is 645. The topological polar surface area (TPSA) is 72.9 Å². The van der Waals surface area contributed by atoms with E-state index in [0.29, 0.717) is 5.56 Å². The van der Waals surface area contributed by atoms with Gasteiger partial charge < -0.3 is 5.11 Å². The van der Waals surface area contributed by atoms with Crippen LogP contribution in [0.3, 0.4) is 0 Å². The lowest BCUT2D eigenvalue weighted by atomic mass is 10.0. The number of hydrogen-bond acceptors (Lipinski definition) is 4. The molecule has 0 saturated heterocycles. The number of nitrogens with zero attached hydrogens (tertiary/aromatic N) is 4. The van der Waals surface area contributed by atoms with Gasteiger partial charge in [0.05, 0.1) is 0 Å². The fourth-order valence-corrected chi connectivity index (χ4v) is 1.64. The molecule has 0 aliphatic carbocycles. The summed E-state index contributed by atoms with van der Waals surface area (Å²) in [4.78, 5) is 11.7. The molecule has 0 aliphatic rings. The number of halogens is 1. The van der Waals surface area contributed by atoms with Gasteiger partial charge in [0.25, 0.3) is 0 Å². The summed E-state index contributed by atoms with van der Waals surface area (Å²) >= 11 is 0. The minimum absolute atomic E-state index is 0.0725. The highest BCUT2D eigenvalue weighted by Crippen LogP contribution is 2.28. The first kappa shape index (κ1) is 12.3.